The highest BCUT2D eigenvalue weighted by Crippen LogP contribution is 2.33. The standard InChI is InChI=1S/C30H38O14/c1-16(32)39-27-23(34)22(15-38-14-18-7-5-4-6-8-18)43-30(28(27)40-17(2)33)44-26-21(13-31)42-29(25(36)24(26)35)41-20-11-9-19(37-3)10-12-20/h4-12,21-31,34-36H,13-15H2,1-3H3/t21-,22-,23-,24-,25-,26-,27+,28-,29-,30+/m1/s1. The Morgan fingerprint density at radius 1 is 0.750 bits per heavy atom. The number of rotatable bonds is 12. The molecule has 2 heterocycles. The smallest absolute Gasteiger partial charge is 0.303 e. The van der Waals surface area contributed by atoms with Crippen LogP contribution in [0.5, 0.6) is 11.5 Å². The van der Waals surface area contributed by atoms with Crippen molar-refractivity contribution in [2.24, 2.45) is 0 Å². The van der Waals surface area contributed by atoms with Crippen LogP contribution in [0.25, 0.3) is 0 Å². The van der Waals surface area contributed by atoms with Gasteiger partial charge in [0, 0.05) is 13.8 Å². The number of aliphatic hydroxyl groups excluding tert-OH is 4. The summed E-state index contributed by atoms with van der Waals surface area (Å²) in [6.07, 6.45) is -14.7. The summed E-state index contributed by atoms with van der Waals surface area (Å²) < 4.78 is 44.9. The summed E-state index contributed by atoms with van der Waals surface area (Å²) >= 11 is 0. The van der Waals surface area contributed by atoms with Crippen LogP contribution in [0.1, 0.15) is 19.4 Å². The number of aliphatic hydroxyl groups is 4. The van der Waals surface area contributed by atoms with Gasteiger partial charge < -0.3 is 58.3 Å². The quantitative estimate of drug-likeness (QED) is 0.233. The zero-order valence-corrected chi connectivity index (χ0v) is 24.5. The second kappa shape index (κ2) is 15.6. The summed E-state index contributed by atoms with van der Waals surface area (Å²) in [5.74, 6) is -0.721. The van der Waals surface area contributed by atoms with Gasteiger partial charge >= 0.3 is 11.9 Å². The molecule has 14 nitrogen and oxygen atoms in total. The number of esters is 2. The molecule has 0 unspecified atom stereocenters. The van der Waals surface area contributed by atoms with Crippen molar-refractivity contribution >= 4 is 11.9 Å². The minimum absolute atomic E-state index is 0.175. The molecule has 2 aromatic carbocycles. The molecule has 0 saturated carbocycles. The van der Waals surface area contributed by atoms with Gasteiger partial charge in [-0.2, -0.15) is 0 Å². The molecule has 2 aliphatic heterocycles. The minimum Gasteiger partial charge on any atom is -0.497 e. The van der Waals surface area contributed by atoms with Crippen molar-refractivity contribution in [2.45, 2.75) is 81.9 Å². The van der Waals surface area contributed by atoms with Crippen molar-refractivity contribution < 1.29 is 67.9 Å². The van der Waals surface area contributed by atoms with Crippen LogP contribution in [0.15, 0.2) is 54.6 Å². The van der Waals surface area contributed by atoms with Crippen LogP contribution in [-0.2, 0) is 44.6 Å². The summed E-state index contributed by atoms with van der Waals surface area (Å²) in [5, 5.41) is 43.1. The fraction of sp³-hybridized carbons (Fsp3) is 0.533. The van der Waals surface area contributed by atoms with Crippen LogP contribution in [0.2, 0.25) is 0 Å². The third-order valence-electron chi connectivity index (χ3n) is 7.04. The molecule has 0 bridgehead atoms. The van der Waals surface area contributed by atoms with E-state index >= 15 is 0 Å². The Labute approximate surface area is 253 Å². The Kier molecular flexibility index (Phi) is 11.9. The lowest BCUT2D eigenvalue weighted by Gasteiger charge is -2.47. The predicted molar refractivity (Wildman–Crippen MR) is 148 cm³/mol. The highest BCUT2D eigenvalue weighted by Gasteiger charge is 2.54. The molecule has 10 atom stereocenters. The van der Waals surface area contributed by atoms with E-state index in [4.69, 9.17) is 37.9 Å². The van der Waals surface area contributed by atoms with E-state index in [9.17, 15) is 30.0 Å². The molecule has 242 valence electrons. The van der Waals surface area contributed by atoms with Crippen LogP contribution >= 0.6 is 0 Å². The van der Waals surface area contributed by atoms with Gasteiger partial charge in [-0.25, -0.2) is 0 Å². The predicted octanol–water partition coefficient (Wildman–Crippen LogP) is 0.0642. The fourth-order valence-electron chi connectivity index (χ4n) is 4.91. The minimum atomic E-state index is -1.70. The van der Waals surface area contributed by atoms with E-state index in [2.05, 4.69) is 0 Å². The SMILES string of the molecule is COc1ccc(O[C@@H]2O[C@H](CO)[C@@H](O[C@@H]3O[C@H](COCc4ccccc4)[C@@H](O)[C@H](OC(C)=O)[C@H]3OC(C)=O)[C@H](O)[C@H]2O)cc1. The van der Waals surface area contributed by atoms with E-state index in [0.717, 1.165) is 19.4 Å². The van der Waals surface area contributed by atoms with E-state index in [-0.39, 0.29) is 13.2 Å². The highest BCUT2D eigenvalue weighted by atomic mass is 16.8. The lowest BCUT2D eigenvalue weighted by molar-refractivity contribution is -0.354. The van der Waals surface area contributed by atoms with E-state index in [1.807, 2.05) is 30.3 Å². The van der Waals surface area contributed by atoms with Crippen LogP contribution in [0.3, 0.4) is 0 Å². The van der Waals surface area contributed by atoms with E-state index in [0.29, 0.717) is 11.5 Å². The number of hydrogen-bond donors (Lipinski definition) is 4. The molecule has 14 heteroatoms. The number of methoxy groups -OCH3 is 1. The second-order valence-corrected chi connectivity index (χ2v) is 10.3. The highest BCUT2D eigenvalue weighted by molar-refractivity contribution is 5.67. The van der Waals surface area contributed by atoms with Crippen LogP contribution in [-0.4, -0.2) is 114 Å². The van der Waals surface area contributed by atoms with Gasteiger partial charge in [0.05, 0.1) is 26.9 Å². The summed E-state index contributed by atoms with van der Waals surface area (Å²) in [6, 6.07) is 15.6. The zero-order chi connectivity index (χ0) is 31.8. The maximum atomic E-state index is 12.0. The Morgan fingerprint density at radius 2 is 1.36 bits per heavy atom. The molecule has 0 spiro atoms. The number of carbonyl (C=O) groups is 2. The first kappa shape index (κ1) is 33.6. The van der Waals surface area contributed by atoms with Gasteiger partial charge in [0.25, 0.3) is 0 Å². The molecule has 4 rings (SSSR count). The first-order chi connectivity index (χ1) is 21.1. The number of hydrogen-bond acceptors (Lipinski definition) is 14. The molecule has 0 aliphatic carbocycles. The van der Waals surface area contributed by atoms with Crippen LogP contribution < -0.4 is 9.47 Å². The Hall–Kier alpha value is -3.34. The van der Waals surface area contributed by atoms with Crippen molar-refractivity contribution in [1.29, 1.82) is 0 Å². The Morgan fingerprint density at radius 3 is 1.98 bits per heavy atom. The lowest BCUT2D eigenvalue weighted by Crippen LogP contribution is -2.66. The first-order valence-electron chi connectivity index (χ1n) is 14.0. The van der Waals surface area contributed by atoms with Crippen LogP contribution in [0.4, 0.5) is 0 Å². The summed E-state index contributed by atoms with van der Waals surface area (Å²) in [5.41, 5.74) is 0.855. The summed E-state index contributed by atoms with van der Waals surface area (Å²) in [4.78, 5) is 24.0. The molecule has 4 N–H and O–H groups in total. The molecular weight excluding hydrogens is 584 g/mol. The first-order valence-corrected chi connectivity index (χ1v) is 14.0. The molecule has 44 heavy (non-hydrogen) atoms. The van der Waals surface area contributed by atoms with Gasteiger partial charge in [-0.1, -0.05) is 30.3 Å². The van der Waals surface area contributed by atoms with E-state index < -0.39 is 80.0 Å². The Bertz CT molecular complexity index is 1190. The molecule has 0 aromatic heterocycles. The molecular formula is C30H38O14. The molecule has 0 amide bonds. The van der Waals surface area contributed by atoms with Gasteiger partial charge in [-0.05, 0) is 29.8 Å². The van der Waals surface area contributed by atoms with E-state index in [1.165, 1.54) is 7.11 Å². The van der Waals surface area contributed by atoms with Gasteiger partial charge in [0.1, 0.15) is 48.1 Å². The molecule has 2 aromatic rings. The van der Waals surface area contributed by atoms with Crippen molar-refractivity contribution in [3.05, 3.63) is 60.2 Å². The number of benzene rings is 2. The van der Waals surface area contributed by atoms with Crippen molar-refractivity contribution in [3.8, 4) is 11.5 Å². The van der Waals surface area contributed by atoms with E-state index in [1.54, 1.807) is 24.3 Å². The third-order valence-corrected chi connectivity index (χ3v) is 7.04. The maximum absolute atomic E-state index is 12.0. The monoisotopic (exact) mass is 622 g/mol. The third kappa shape index (κ3) is 8.43. The average Bonchev–Trinajstić information content (AvgIpc) is 3.01. The molecule has 0 radical (unpaired) electrons. The van der Waals surface area contributed by atoms with Crippen LogP contribution in [0, 0.1) is 0 Å². The topological polar surface area (TPSA) is 189 Å². The van der Waals surface area contributed by atoms with Crippen molar-refractivity contribution in [2.75, 3.05) is 20.3 Å². The van der Waals surface area contributed by atoms with Crippen molar-refractivity contribution in [3.63, 3.8) is 0 Å². The molecule has 2 saturated heterocycles. The fourth-order valence-corrected chi connectivity index (χ4v) is 4.91. The van der Waals surface area contributed by atoms with Crippen molar-refractivity contribution in [1.82, 2.24) is 0 Å². The molecule has 2 fully saturated rings. The maximum Gasteiger partial charge on any atom is 0.303 e. The summed E-state index contributed by atoms with van der Waals surface area (Å²) in [7, 11) is 1.50. The molecule has 2 aliphatic rings. The average molecular weight is 623 g/mol. The summed E-state index contributed by atoms with van der Waals surface area (Å²) in [6.45, 7) is 1.52. The van der Waals surface area contributed by atoms with Gasteiger partial charge in [0.2, 0.25) is 6.29 Å². The zero-order valence-electron chi connectivity index (χ0n) is 24.5. The van der Waals surface area contributed by atoms with Gasteiger partial charge in [0.15, 0.2) is 18.5 Å². The largest absolute Gasteiger partial charge is 0.497 e. The number of ether oxygens (including phenoxy) is 8. The second-order valence-electron chi connectivity index (χ2n) is 10.3. The van der Waals surface area contributed by atoms with Gasteiger partial charge in [-0.15, -0.1) is 0 Å². The lowest BCUT2D eigenvalue weighted by atomic mass is 9.96. The Balaban J connectivity index is 1.52. The van der Waals surface area contributed by atoms with Gasteiger partial charge in [-0.3, -0.25) is 9.59 Å². The number of carbonyl (C=O) groups excluding carboxylic acids is 2. The normalized spacial score (nSPS) is 32.0.